The number of ether oxygens (including phenoxy) is 1. The summed E-state index contributed by atoms with van der Waals surface area (Å²) in [5, 5.41) is 5.41. The van der Waals surface area contributed by atoms with Gasteiger partial charge in [0.1, 0.15) is 11.6 Å². The van der Waals surface area contributed by atoms with E-state index in [1.165, 1.54) is 37.4 Å². The van der Waals surface area contributed by atoms with Crippen molar-refractivity contribution in [2.24, 2.45) is 0 Å². The SMILES string of the molecule is O=C(NCc1ccc(F)cc1)c1nccnc1C(=O)Nc1ccc(OC2CCCC2)cc1. The van der Waals surface area contributed by atoms with Crippen molar-refractivity contribution in [3.05, 3.63) is 83.7 Å². The average Bonchev–Trinajstić information content (AvgIpc) is 3.33. The highest BCUT2D eigenvalue weighted by molar-refractivity contribution is 6.09. The zero-order chi connectivity index (χ0) is 22.3. The lowest BCUT2D eigenvalue weighted by Crippen LogP contribution is -2.28. The van der Waals surface area contributed by atoms with Crippen molar-refractivity contribution in [2.45, 2.75) is 38.3 Å². The second-order valence-electron chi connectivity index (χ2n) is 7.57. The second-order valence-corrected chi connectivity index (χ2v) is 7.57. The molecule has 0 unspecified atom stereocenters. The Bertz CT molecular complexity index is 1080. The number of hydrogen-bond donors (Lipinski definition) is 2. The molecule has 32 heavy (non-hydrogen) atoms. The first-order valence-electron chi connectivity index (χ1n) is 10.5. The lowest BCUT2D eigenvalue weighted by molar-refractivity contribution is 0.0931. The van der Waals surface area contributed by atoms with Crippen molar-refractivity contribution in [2.75, 3.05) is 5.32 Å². The van der Waals surface area contributed by atoms with Crippen LogP contribution in [0.5, 0.6) is 5.75 Å². The molecule has 0 radical (unpaired) electrons. The number of rotatable bonds is 7. The van der Waals surface area contributed by atoms with Crippen LogP contribution in [0.1, 0.15) is 52.2 Å². The Morgan fingerprint density at radius 2 is 1.53 bits per heavy atom. The van der Waals surface area contributed by atoms with Gasteiger partial charge in [0.2, 0.25) is 0 Å². The molecule has 2 N–H and O–H groups in total. The zero-order valence-electron chi connectivity index (χ0n) is 17.4. The lowest BCUT2D eigenvalue weighted by Gasteiger charge is -2.13. The van der Waals surface area contributed by atoms with Crippen LogP contribution in [-0.4, -0.2) is 27.9 Å². The third kappa shape index (κ3) is 5.46. The van der Waals surface area contributed by atoms with Gasteiger partial charge in [-0.15, -0.1) is 0 Å². The first-order valence-corrected chi connectivity index (χ1v) is 10.5. The van der Waals surface area contributed by atoms with Crippen LogP contribution >= 0.6 is 0 Å². The summed E-state index contributed by atoms with van der Waals surface area (Å²) in [6.07, 6.45) is 7.47. The Balaban J connectivity index is 1.39. The van der Waals surface area contributed by atoms with Gasteiger partial charge in [0.25, 0.3) is 11.8 Å². The number of nitrogens with zero attached hydrogens (tertiary/aromatic N) is 2. The van der Waals surface area contributed by atoms with Gasteiger partial charge in [-0.05, 0) is 67.6 Å². The molecule has 2 aromatic carbocycles. The molecule has 0 aliphatic heterocycles. The second kappa shape index (κ2) is 10.00. The fourth-order valence-electron chi connectivity index (χ4n) is 3.54. The highest BCUT2D eigenvalue weighted by Gasteiger charge is 2.20. The Morgan fingerprint density at radius 3 is 2.19 bits per heavy atom. The molecule has 1 fully saturated rings. The summed E-state index contributed by atoms with van der Waals surface area (Å²) in [5.74, 6) is -0.691. The molecule has 1 aromatic heterocycles. The summed E-state index contributed by atoms with van der Waals surface area (Å²) in [6.45, 7) is 0.166. The molecule has 0 spiro atoms. The Kier molecular flexibility index (Phi) is 6.69. The molecule has 1 aliphatic carbocycles. The van der Waals surface area contributed by atoms with E-state index in [-0.39, 0.29) is 29.9 Å². The summed E-state index contributed by atoms with van der Waals surface area (Å²) in [7, 11) is 0. The number of carbonyl (C=O) groups is 2. The van der Waals surface area contributed by atoms with Gasteiger partial charge in [0, 0.05) is 24.6 Å². The number of aromatic nitrogens is 2. The van der Waals surface area contributed by atoms with Crippen LogP contribution in [0.3, 0.4) is 0 Å². The van der Waals surface area contributed by atoms with Crippen LogP contribution in [0.4, 0.5) is 10.1 Å². The van der Waals surface area contributed by atoms with E-state index < -0.39 is 11.8 Å². The molecular weight excluding hydrogens is 411 g/mol. The fraction of sp³-hybridized carbons (Fsp3) is 0.250. The number of hydrogen-bond acceptors (Lipinski definition) is 5. The quantitative estimate of drug-likeness (QED) is 0.584. The number of benzene rings is 2. The Hall–Kier alpha value is -3.81. The van der Waals surface area contributed by atoms with Gasteiger partial charge in [0.15, 0.2) is 11.4 Å². The van der Waals surface area contributed by atoms with E-state index in [0.29, 0.717) is 5.69 Å². The van der Waals surface area contributed by atoms with Gasteiger partial charge in [0.05, 0.1) is 6.10 Å². The number of anilines is 1. The number of amides is 2. The highest BCUT2D eigenvalue weighted by atomic mass is 19.1. The van der Waals surface area contributed by atoms with E-state index in [4.69, 9.17) is 4.74 Å². The molecule has 164 valence electrons. The van der Waals surface area contributed by atoms with Crippen molar-refractivity contribution < 1.29 is 18.7 Å². The van der Waals surface area contributed by atoms with Crippen LogP contribution in [0, 0.1) is 5.82 Å². The van der Waals surface area contributed by atoms with Crippen LogP contribution in [0.25, 0.3) is 0 Å². The largest absolute Gasteiger partial charge is 0.490 e. The first-order chi connectivity index (χ1) is 15.6. The lowest BCUT2D eigenvalue weighted by atomic mass is 10.2. The van der Waals surface area contributed by atoms with Gasteiger partial charge < -0.3 is 15.4 Å². The summed E-state index contributed by atoms with van der Waals surface area (Å²) >= 11 is 0. The van der Waals surface area contributed by atoms with E-state index in [0.717, 1.165) is 24.2 Å². The number of carbonyl (C=O) groups excluding carboxylic acids is 2. The predicted molar refractivity (Wildman–Crippen MR) is 117 cm³/mol. The monoisotopic (exact) mass is 434 g/mol. The Labute approximate surface area is 185 Å². The predicted octanol–water partition coefficient (Wildman–Crippen LogP) is 4.12. The van der Waals surface area contributed by atoms with Crippen molar-refractivity contribution in [3.8, 4) is 5.75 Å². The van der Waals surface area contributed by atoms with Crippen LogP contribution in [-0.2, 0) is 6.54 Å². The molecule has 3 aromatic rings. The molecule has 0 bridgehead atoms. The van der Waals surface area contributed by atoms with E-state index in [9.17, 15) is 14.0 Å². The summed E-state index contributed by atoms with van der Waals surface area (Å²) in [6, 6.07) is 12.9. The van der Waals surface area contributed by atoms with Gasteiger partial charge >= 0.3 is 0 Å². The smallest absolute Gasteiger partial charge is 0.276 e. The number of halogens is 1. The topological polar surface area (TPSA) is 93.2 Å². The van der Waals surface area contributed by atoms with Gasteiger partial charge in [-0.1, -0.05) is 12.1 Å². The van der Waals surface area contributed by atoms with Crippen molar-refractivity contribution in [1.29, 1.82) is 0 Å². The molecule has 8 heteroatoms. The first kappa shape index (κ1) is 21.4. The van der Waals surface area contributed by atoms with Gasteiger partial charge in [-0.25, -0.2) is 14.4 Å². The van der Waals surface area contributed by atoms with Crippen molar-refractivity contribution in [3.63, 3.8) is 0 Å². The Morgan fingerprint density at radius 1 is 0.906 bits per heavy atom. The minimum atomic E-state index is -0.548. The molecule has 0 saturated heterocycles. The summed E-state index contributed by atoms with van der Waals surface area (Å²) in [5.41, 5.74) is 1.09. The maximum atomic E-state index is 13.0. The minimum Gasteiger partial charge on any atom is -0.490 e. The van der Waals surface area contributed by atoms with E-state index in [2.05, 4.69) is 20.6 Å². The minimum absolute atomic E-state index is 0.0876. The maximum Gasteiger partial charge on any atom is 0.276 e. The fourth-order valence-corrected chi connectivity index (χ4v) is 3.54. The van der Waals surface area contributed by atoms with Gasteiger partial charge in [-0.2, -0.15) is 0 Å². The summed E-state index contributed by atoms with van der Waals surface area (Å²) < 4.78 is 19.0. The summed E-state index contributed by atoms with van der Waals surface area (Å²) in [4.78, 5) is 33.4. The van der Waals surface area contributed by atoms with Crippen LogP contribution in [0.2, 0.25) is 0 Å². The van der Waals surface area contributed by atoms with Gasteiger partial charge in [-0.3, -0.25) is 9.59 Å². The van der Waals surface area contributed by atoms with E-state index >= 15 is 0 Å². The standard InChI is InChI=1S/C24H23FN4O3/c25-17-7-5-16(6-8-17)15-28-23(30)21-22(27-14-13-26-21)24(31)29-18-9-11-20(12-10-18)32-19-3-1-2-4-19/h5-14,19H,1-4,15H2,(H,28,30)(H,29,31). The average molecular weight is 434 g/mol. The van der Waals surface area contributed by atoms with Crippen LogP contribution < -0.4 is 15.4 Å². The molecular formula is C24H23FN4O3. The third-order valence-corrected chi connectivity index (χ3v) is 5.21. The molecule has 0 atom stereocenters. The van der Waals surface area contributed by atoms with E-state index in [1.807, 2.05) is 0 Å². The number of nitrogens with one attached hydrogen (secondary N) is 2. The third-order valence-electron chi connectivity index (χ3n) is 5.21. The zero-order valence-corrected chi connectivity index (χ0v) is 17.4. The normalized spacial score (nSPS) is 13.5. The van der Waals surface area contributed by atoms with E-state index in [1.54, 1.807) is 36.4 Å². The van der Waals surface area contributed by atoms with Crippen molar-refractivity contribution in [1.82, 2.24) is 15.3 Å². The highest BCUT2D eigenvalue weighted by Crippen LogP contribution is 2.25. The van der Waals surface area contributed by atoms with Crippen molar-refractivity contribution >= 4 is 17.5 Å². The maximum absolute atomic E-state index is 13.0. The molecule has 4 rings (SSSR count). The molecule has 1 aliphatic rings. The molecule has 7 nitrogen and oxygen atoms in total. The molecule has 2 amide bonds. The molecule has 1 heterocycles. The molecule has 1 saturated carbocycles. The van der Waals surface area contributed by atoms with Crippen LogP contribution in [0.15, 0.2) is 60.9 Å².